The Morgan fingerprint density at radius 2 is 2.06 bits per heavy atom. The molecule has 0 aromatic heterocycles. The molecule has 94 valence electrons. The summed E-state index contributed by atoms with van der Waals surface area (Å²) in [6.45, 7) is 2.82. The molecule has 2 N–H and O–H groups in total. The molecule has 0 radical (unpaired) electrons. The molecule has 0 spiro atoms. The Kier molecular flexibility index (Phi) is 5.42. The Hall–Kier alpha value is -1.62. The highest BCUT2D eigenvalue weighted by Crippen LogP contribution is 2.20. The summed E-state index contributed by atoms with van der Waals surface area (Å²) in [5.74, 6) is 0. The molecule has 5 nitrogen and oxygen atoms in total. The van der Waals surface area contributed by atoms with Crippen LogP contribution in [-0.4, -0.2) is 23.2 Å². The number of unbranched alkanes of at least 4 members (excludes halogenated alkanes) is 2. The zero-order chi connectivity index (χ0) is 12.7. The van der Waals surface area contributed by atoms with Crippen molar-refractivity contribution in [1.82, 2.24) is 0 Å². The van der Waals surface area contributed by atoms with Crippen molar-refractivity contribution in [3.63, 3.8) is 0 Å². The monoisotopic (exact) mass is 238 g/mol. The van der Waals surface area contributed by atoms with Crippen LogP contribution >= 0.6 is 0 Å². The summed E-state index contributed by atoms with van der Waals surface area (Å²) in [6.07, 6.45) is 2.70. The van der Waals surface area contributed by atoms with Gasteiger partial charge in [0.25, 0.3) is 5.69 Å². The van der Waals surface area contributed by atoms with Crippen LogP contribution in [0.5, 0.6) is 0 Å². The van der Waals surface area contributed by atoms with Crippen molar-refractivity contribution in [3.05, 3.63) is 33.9 Å². The number of non-ortho nitro benzene ring substituents is 1. The van der Waals surface area contributed by atoms with Crippen molar-refractivity contribution in [3.8, 4) is 0 Å². The van der Waals surface area contributed by atoms with Gasteiger partial charge in [0.1, 0.15) is 0 Å². The minimum Gasteiger partial charge on any atom is -0.396 e. The third kappa shape index (κ3) is 4.82. The van der Waals surface area contributed by atoms with Crippen LogP contribution in [0, 0.1) is 17.0 Å². The summed E-state index contributed by atoms with van der Waals surface area (Å²) >= 11 is 0. The number of benzene rings is 1. The molecule has 0 aliphatic rings. The summed E-state index contributed by atoms with van der Waals surface area (Å²) in [6, 6.07) is 4.98. The largest absolute Gasteiger partial charge is 0.396 e. The highest BCUT2D eigenvalue weighted by molar-refractivity contribution is 5.53. The predicted octanol–water partition coefficient (Wildman–Crippen LogP) is 2.48. The van der Waals surface area contributed by atoms with E-state index in [1.54, 1.807) is 12.1 Å². The van der Waals surface area contributed by atoms with Gasteiger partial charge in [-0.15, -0.1) is 0 Å². The lowest BCUT2D eigenvalue weighted by molar-refractivity contribution is -0.384. The van der Waals surface area contributed by atoms with Gasteiger partial charge in [0, 0.05) is 31.0 Å². The van der Waals surface area contributed by atoms with Gasteiger partial charge < -0.3 is 10.4 Å². The summed E-state index contributed by atoms with van der Waals surface area (Å²) < 4.78 is 0. The number of nitrogens with one attached hydrogen (secondary N) is 1. The van der Waals surface area contributed by atoms with Gasteiger partial charge in [0.2, 0.25) is 0 Å². The maximum atomic E-state index is 10.7. The fourth-order valence-corrected chi connectivity index (χ4v) is 1.62. The van der Waals surface area contributed by atoms with Crippen LogP contribution < -0.4 is 5.32 Å². The molecule has 0 heterocycles. The Labute approximate surface area is 101 Å². The number of rotatable bonds is 7. The molecule has 5 heteroatoms. The van der Waals surface area contributed by atoms with Crippen molar-refractivity contribution in [2.24, 2.45) is 0 Å². The van der Waals surface area contributed by atoms with Crippen molar-refractivity contribution in [2.45, 2.75) is 26.2 Å². The summed E-state index contributed by atoms with van der Waals surface area (Å²) in [5.41, 5.74) is 1.76. The second kappa shape index (κ2) is 6.85. The predicted molar refractivity (Wildman–Crippen MR) is 67.3 cm³/mol. The van der Waals surface area contributed by atoms with E-state index in [1.807, 2.05) is 13.0 Å². The van der Waals surface area contributed by atoms with Crippen LogP contribution in [-0.2, 0) is 0 Å². The summed E-state index contributed by atoms with van der Waals surface area (Å²) in [4.78, 5) is 10.3. The third-order valence-electron chi connectivity index (χ3n) is 2.44. The van der Waals surface area contributed by atoms with Crippen LogP contribution in [0.3, 0.4) is 0 Å². The average molecular weight is 238 g/mol. The Bertz CT molecular complexity index is 380. The van der Waals surface area contributed by atoms with Gasteiger partial charge in [-0.25, -0.2) is 0 Å². The molecule has 1 rings (SSSR count). The molecule has 0 aliphatic heterocycles. The van der Waals surface area contributed by atoms with Crippen LogP contribution in [0.25, 0.3) is 0 Å². The number of hydrogen-bond donors (Lipinski definition) is 2. The molecule has 0 fully saturated rings. The van der Waals surface area contributed by atoms with Gasteiger partial charge in [-0.1, -0.05) is 0 Å². The van der Waals surface area contributed by atoms with Crippen LogP contribution in [0.4, 0.5) is 11.4 Å². The maximum absolute atomic E-state index is 10.7. The molecular formula is C12H18N2O3. The Morgan fingerprint density at radius 3 is 2.71 bits per heavy atom. The zero-order valence-electron chi connectivity index (χ0n) is 9.98. The second-order valence-corrected chi connectivity index (χ2v) is 4.03. The number of nitro groups is 1. The van der Waals surface area contributed by atoms with E-state index < -0.39 is 0 Å². The molecule has 0 bridgehead atoms. The SMILES string of the molecule is Cc1cc(NCCCCCO)cc([N+](=O)[O-])c1. The van der Waals surface area contributed by atoms with E-state index in [-0.39, 0.29) is 17.2 Å². The number of nitrogens with zero attached hydrogens (tertiary/aromatic N) is 1. The topological polar surface area (TPSA) is 75.4 Å². The quantitative estimate of drug-likeness (QED) is 0.434. The van der Waals surface area contributed by atoms with E-state index in [4.69, 9.17) is 5.11 Å². The number of hydrogen-bond acceptors (Lipinski definition) is 4. The van der Waals surface area contributed by atoms with Crippen LogP contribution in [0.1, 0.15) is 24.8 Å². The highest BCUT2D eigenvalue weighted by atomic mass is 16.6. The molecule has 1 aromatic carbocycles. The fourth-order valence-electron chi connectivity index (χ4n) is 1.62. The van der Waals surface area contributed by atoms with Crippen LogP contribution in [0.15, 0.2) is 18.2 Å². The van der Waals surface area contributed by atoms with Gasteiger partial charge in [-0.3, -0.25) is 10.1 Å². The van der Waals surface area contributed by atoms with Crippen molar-refractivity contribution < 1.29 is 10.0 Å². The molecule has 0 amide bonds. The van der Waals surface area contributed by atoms with Crippen molar-refractivity contribution in [1.29, 1.82) is 0 Å². The van der Waals surface area contributed by atoms with Gasteiger partial charge in [0.15, 0.2) is 0 Å². The van der Waals surface area contributed by atoms with Crippen LogP contribution in [0.2, 0.25) is 0 Å². The summed E-state index contributed by atoms with van der Waals surface area (Å²) in [7, 11) is 0. The number of aryl methyl sites for hydroxylation is 1. The minimum absolute atomic E-state index is 0.114. The molecular weight excluding hydrogens is 220 g/mol. The number of aliphatic hydroxyl groups is 1. The molecule has 0 atom stereocenters. The lowest BCUT2D eigenvalue weighted by Crippen LogP contribution is -2.02. The van der Waals surface area contributed by atoms with Gasteiger partial charge >= 0.3 is 0 Å². The zero-order valence-corrected chi connectivity index (χ0v) is 9.98. The fraction of sp³-hybridized carbons (Fsp3) is 0.500. The van der Waals surface area contributed by atoms with E-state index in [1.165, 1.54) is 0 Å². The first-order valence-electron chi connectivity index (χ1n) is 5.74. The van der Waals surface area contributed by atoms with Crippen molar-refractivity contribution >= 4 is 11.4 Å². The molecule has 0 aliphatic carbocycles. The molecule has 0 saturated heterocycles. The normalized spacial score (nSPS) is 10.2. The Balaban J connectivity index is 2.50. The van der Waals surface area contributed by atoms with E-state index >= 15 is 0 Å². The third-order valence-corrected chi connectivity index (χ3v) is 2.44. The van der Waals surface area contributed by atoms with Crippen molar-refractivity contribution in [2.75, 3.05) is 18.5 Å². The first-order valence-corrected chi connectivity index (χ1v) is 5.74. The number of aliphatic hydroxyl groups excluding tert-OH is 1. The lowest BCUT2D eigenvalue weighted by Gasteiger charge is -2.07. The lowest BCUT2D eigenvalue weighted by atomic mass is 10.2. The van der Waals surface area contributed by atoms with Gasteiger partial charge in [0.05, 0.1) is 4.92 Å². The standard InChI is InChI=1S/C12H18N2O3/c1-10-7-11(9-12(8-10)14(16)17)13-5-3-2-4-6-15/h7-9,13,15H,2-6H2,1H3. The molecule has 17 heavy (non-hydrogen) atoms. The molecule has 0 saturated carbocycles. The second-order valence-electron chi connectivity index (χ2n) is 4.03. The molecule has 1 aromatic rings. The maximum Gasteiger partial charge on any atom is 0.271 e. The highest BCUT2D eigenvalue weighted by Gasteiger charge is 2.07. The molecule has 0 unspecified atom stereocenters. The van der Waals surface area contributed by atoms with E-state index in [9.17, 15) is 10.1 Å². The van der Waals surface area contributed by atoms with Gasteiger partial charge in [-0.2, -0.15) is 0 Å². The minimum atomic E-state index is -0.385. The van der Waals surface area contributed by atoms with E-state index in [0.29, 0.717) is 0 Å². The van der Waals surface area contributed by atoms with Gasteiger partial charge in [-0.05, 0) is 37.8 Å². The number of nitro benzene ring substituents is 1. The van der Waals surface area contributed by atoms with E-state index in [2.05, 4.69) is 5.32 Å². The first kappa shape index (κ1) is 13.4. The average Bonchev–Trinajstić information content (AvgIpc) is 2.28. The first-order chi connectivity index (χ1) is 8.13. The Morgan fingerprint density at radius 1 is 1.29 bits per heavy atom. The summed E-state index contributed by atoms with van der Waals surface area (Å²) in [5, 5.41) is 22.4. The number of anilines is 1. The smallest absolute Gasteiger partial charge is 0.271 e. The van der Waals surface area contributed by atoms with E-state index in [0.717, 1.165) is 37.1 Å².